The summed E-state index contributed by atoms with van der Waals surface area (Å²) in [6.45, 7) is 0.169. The molecule has 156 valence electrons. The Morgan fingerprint density at radius 1 is 1.33 bits per heavy atom. The minimum atomic E-state index is -1.97. The van der Waals surface area contributed by atoms with Gasteiger partial charge in [0.05, 0.1) is 31.6 Å². The third-order valence-electron chi connectivity index (χ3n) is 4.76. The van der Waals surface area contributed by atoms with E-state index in [0.717, 1.165) is 11.1 Å². The Morgan fingerprint density at radius 2 is 2.10 bits per heavy atom. The van der Waals surface area contributed by atoms with Crippen LogP contribution in [-0.2, 0) is 22.7 Å². The lowest BCUT2D eigenvalue weighted by molar-refractivity contribution is -0.127. The third-order valence-corrected chi connectivity index (χ3v) is 4.76. The van der Waals surface area contributed by atoms with Crippen LogP contribution in [0.4, 0.5) is 14.6 Å². The number of halogens is 2. The van der Waals surface area contributed by atoms with Crippen LogP contribution >= 0.6 is 0 Å². The van der Waals surface area contributed by atoms with Gasteiger partial charge in [0.1, 0.15) is 11.5 Å². The Labute approximate surface area is 169 Å². The second-order valence-electron chi connectivity index (χ2n) is 6.84. The first-order valence-corrected chi connectivity index (χ1v) is 8.95. The first-order valence-electron chi connectivity index (χ1n) is 8.95. The number of methoxy groups -OCH3 is 1. The van der Waals surface area contributed by atoms with Gasteiger partial charge in [-0.15, -0.1) is 0 Å². The molecule has 3 N–H and O–H groups in total. The van der Waals surface area contributed by atoms with Crippen LogP contribution < -0.4 is 10.6 Å². The van der Waals surface area contributed by atoms with Crippen molar-refractivity contribution in [1.82, 2.24) is 19.7 Å². The summed E-state index contributed by atoms with van der Waals surface area (Å²) in [6, 6.07) is 7.96. The summed E-state index contributed by atoms with van der Waals surface area (Å²) >= 11 is 0. The third kappa shape index (κ3) is 3.48. The highest BCUT2D eigenvalue weighted by molar-refractivity contribution is 5.92. The molecule has 11 heteroatoms. The second-order valence-corrected chi connectivity index (χ2v) is 6.84. The number of nitrogens with zero attached hydrogens (tertiary/aromatic N) is 5. The van der Waals surface area contributed by atoms with Crippen LogP contribution in [0.1, 0.15) is 11.3 Å². The van der Waals surface area contributed by atoms with E-state index in [0.29, 0.717) is 17.0 Å². The van der Waals surface area contributed by atoms with Crippen LogP contribution in [0, 0.1) is 11.6 Å². The summed E-state index contributed by atoms with van der Waals surface area (Å²) in [5, 5.41) is 14.5. The molecule has 0 saturated carbocycles. The van der Waals surface area contributed by atoms with E-state index in [1.54, 1.807) is 28.9 Å². The number of aromatic nitrogens is 4. The Balaban J connectivity index is 1.69. The number of rotatable bonds is 7. The van der Waals surface area contributed by atoms with Gasteiger partial charge in [0, 0.05) is 12.7 Å². The molecule has 0 radical (unpaired) electrons. The van der Waals surface area contributed by atoms with Crippen molar-refractivity contribution in [2.45, 2.75) is 18.9 Å². The van der Waals surface area contributed by atoms with Gasteiger partial charge < -0.3 is 20.5 Å². The van der Waals surface area contributed by atoms with E-state index in [2.05, 4.69) is 15.1 Å². The number of hydrogen-bond donors (Lipinski definition) is 2. The molecule has 1 amide bonds. The maximum Gasteiger partial charge on any atom is 0.272 e. The van der Waals surface area contributed by atoms with Crippen molar-refractivity contribution in [2.75, 3.05) is 18.6 Å². The van der Waals surface area contributed by atoms with Gasteiger partial charge in [-0.3, -0.25) is 9.48 Å². The Morgan fingerprint density at radius 3 is 2.77 bits per heavy atom. The normalized spacial score (nSPS) is 17.9. The molecule has 1 aliphatic heterocycles. The van der Waals surface area contributed by atoms with Gasteiger partial charge in [0.25, 0.3) is 5.91 Å². The lowest BCUT2D eigenvalue weighted by atomic mass is 10.2. The number of amides is 1. The van der Waals surface area contributed by atoms with Crippen molar-refractivity contribution in [2.24, 2.45) is 5.73 Å². The number of ether oxygens (including phenoxy) is 1. The number of primary amides is 1. The van der Waals surface area contributed by atoms with Gasteiger partial charge in [0.2, 0.25) is 5.72 Å². The molecule has 9 nitrogen and oxygen atoms in total. The largest absolute Gasteiger partial charge is 0.378 e. The molecule has 4 rings (SSSR count). The van der Waals surface area contributed by atoms with E-state index in [1.165, 1.54) is 13.2 Å². The molecule has 30 heavy (non-hydrogen) atoms. The molecule has 1 fully saturated rings. The zero-order valence-electron chi connectivity index (χ0n) is 15.9. The molecule has 0 spiro atoms. The van der Waals surface area contributed by atoms with Crippen LogP contribution in [0.2, 0.25) is 0 Å². The van der Waals surface area contributed by atoms with E-state index in [4.69, 9.17) is 10.5 Å². The molecular formula is C19H18F2N6O3. The van der Waals surface area contributed by atoms with Crippen molar-refractivity contribution >= 4 is 11.7 Å². The molecule has 2 aromatic heterocycles. The van der Waals surface area contributed by atoms with Gasteiger partial charge in [0.15, 0.2) is 17.5 Å². The van der Waals surface area contributed by atoms with Gasteiger partial charge >= 0.3 is 0 Å². The van der Waals surface area contributed by atoms with Crippen molar-refractivity contribution in [3.8, 4) is 11.5 Å². The lowest BCUT2D eigenvalue weighted by Crippen LogP contribution is -2.36. The van der Waals surface area contributed by atoms with Crippen LogP contribution in [0.5, 0.6) is 0 Å². The maximum absolute atomic E-state index is 14.2. The minimum Gasteiger partial charge on any atom is -0.378 e. The predicted molar refractivity (Wildman–Crippen MR) is 101 cm³/mol. The Hall–Kier alpha value is -3.44. The number of nitrogens with two attached hydrogens (primary N) is 1. The molecule has 1 aromatic carbocycles. The van der Waals surface area contributed by atoms with Crippen molar-refractivity contribution in [3.05, 3.63) is 59.4 Å². The highest BCUT2D eigenvalue weighted by Crippen LogP contribution is 2.36. The fourth-order valence-corrected chi connectivity index (χ4v) is 3.07. The number of aliphatic hydroxyl groups is 1. The molecule has 1 saturated heterocycles. The standard InChI is InChI=1S/C19H18F2N6O3/c1-30-9-12-6-15(25-27(12)8-11-4-2-3-5-13(11)20)16-23-7-14(21)17(24-16)26-10-19(26,29)18(22)28/h2-7,29H,8-10H2,1H3,(H2,22,28). The predicted octanol–water partition coefficient (Wildman–Crippen LogP) is 0.807. The molecule has 3 aromatic rings. The lowest BCUT2D eigenvalue weighted by Gasteiger charge is -2.09. The summed E-state index contributed by atoms with van der Waals surface area (Å²) in [6.07, 6.45) is 0.920. The number of anilines is 1. The highest BCUT2D eigenvalue weighted by atomic mass is 19.1. The molecule has 1 aliphatic rings. The van der Waals surface area contributed by atoms with E-state index in [9.17, 15) is 18.7 Å². The fraction of sp³-hybridized carbons (Fsp3) is 0.263. The highest BCUT2D eigenvalue weighted by Gasteiger charge is 2.58. The zero-order chi connectivity index (χ0) is 21.5. The molecule has 3 heterocycles. The molecule has 1 atom stereocenters. The minimum absolute atomic E-state index is 0.0646. The number of hydrogen-bond acceptors (Lipinski definition) is 7. The van der Waals surface area contributed by atoms with Crippen LogP contribution in [0.3, 0.4) is 0 Å². The summed E-state index contributed by atoms with van der Waals surface area (Å²) < 4.78 is 35.0. The van der Waals surface area contributed by atoms with Gasteiger partial charge in [-0.25, -0.2) is 18.7 Å². The van der Waals surface area contributed by atoms with E-state index in [1.807, 2.05) is 0 Å². The Kier molecular flexibility index (Phi) is 4.92. The topological polar surface area (TPSA) is 119 Å². The first-order chi connectivity index (χ1) is 14.3. The van der Waals surface area contributed by atoms with E-state index < -0.39 is 17.4 Å². The molecule has 0 bridgehead atoms. The SMILES string of the molecule is COCc1cc(-c2ncc(F)c(N3CC3(O)C(N)=O)n2)nn1Cc1ccccc1F. The summed E-state index contributed by atoms with van der Waals surface area (Å²) in [5.41, 5.74) is 4.53. The zero-order valence-corrected chi connectivity index (χ0v) is 15.9. The van der Waals surface area contributed by atoms with Crippen molar-refractivity contribution in [1.29, 1.82) is 0 Å². The van der Waals surface area contributed by atoms with Crippen molar-refractivity contribution in [3.63, 3.8) is 0 Å². The number of carbonyl (C=O) groups is 1. The maximum atomic E-state index is 14.2. The average Bonchev–Trinajstić information content (AvgIpc) is 3.26. The summed E-state index contributed by atoms with van der Waals surface area (Å²) in [4.78, 5) is 20.4. The molecule has 1 unspecified atom stereocenters. The second kappa shape index (κ2) is 7.43. The average molecular weight is 416 g/mol. The summed E-state index contributed by atoms with van der Waals surface area (Å²) in [5.74, 6) is -2.39. The quantitative estimate of drug-likeness (QED) is 0.547. The van der Waals surface area contributed by atoms with Gasteiger partial charge in [-0.1, -0.05) is 18.2 Å². The summed E-state index contributed by atoms with van der Waals surface area (Å²) in [7, 11) is 1.51. The Bertz CT molecular complexity index is 1120. The monoisotopic (exact) mass is 416 g/mol. The van der Waals surface area contributed by atoms with E-state index >= 15 is 0 Å². The van der Waals surface area contributed by atoms with Crippen LogP contribution in [0.15, 0.2) is 36.5 Å². The van der Waals surface area contributed by atoms with Crippen molar-refractivity contribution < 1.29 is 23.4 Å². The van der Waals surface area contributed by atoms with Crippen LogP contribution in [-0.4, -0.2) is 50.1 Å². The first kappa shape index (κ1) is 19.9. The van der Waals surface area contributed by atoms with E-state index in [-0.39, 0.29) is 37.2 Å². The van der Waals surface area contributed by atoms with Crippen LogP contribution in [0.25, 0.3) is 11.5 Å². The number of β-amino-alcohol motifs (C(OH)–C–C–N with tert-alkyl or cyclic N) is 1. The number of carbonyl (C=O) groups excluding carboxylic acids is 1. The van der Waals surface area contributed by atoms with Gasteiger partial charge in [-0.05, 0) is 12.1 Å². The molecular weight excluding hydrogens is 398 g/mol. The fourth-order valence-electron chi connectivity index (χ4n) is 3.07. The smallest absolute Gasteiger partial charge is 0.272 e. The van der Waals surface area contributed by atoms with Gasteiger partial charge in [-0.2, -0.15) is 5.10 Å². The molecule has 0 aliphatic carbocycles. The number of benzene rings is 1.